The third-order valence-electron chi connectivity index (χ3n) is 5.57. The lowest BCUT2D eigenvalue weighted by Gasteiger charge is -2.41. The number of esters is 1. The van der Waals surface area contributed by atoms with Crippen molar-refractivity contribution in [3.63, 3.8) is 0 Å². The zero-order chi connectivity index (χ0) is 15.9. The summed E-state index contributed by atoms with van der Waals surface area (Å²) in [5.74, 6) is 0.149. The Balaban J connectivity index is 1.93. The molecule has 3 nitrogen and oxygen atoms in total. The first kappa shape index (κ1) is 15.3. The Kier molecular flexibility index (Phi) is 4.09. The van der Waals surface area contributed by atoms with Crippen molar-refractivity contribution in [1.82, 2.24) is 4.90 Å². The Morgan fingerprint density at radius 2 is 1.95 bits per heavy atom. The van der Waals surface area contributed by atoms with Crippen LogP contribution in [0.3, 0.4) is 0 Å². The topological polar surface area (TPSA) is 29.5 Å². The fraction of sp³-hybridized carbons (Fsp3) is 0.526. The summed E-state index contributed by atoms with van der Waals surface area (Å²) in [6, 6.07) is 9.47. The number of benzene rings is 1. The third-order valence-corrected chi connectivity index (χ3v) is 5.57. The molecule has 2 fully saturated rings. The van der Waals surface area contributed by atoms with Crippen LogP contribution in [0, 0.1) is 5.92 Å². The molecule has 2 bridgehead atoms. The first-order valence-electron chi connectivity index (χ1n) is 8.08. The molecule has 0 amide bonds. The molecular formula is C19H25NO2. The second-order valence-corrected chi connectivity index (χ2v) is 6.76. The molecule has 2 heterocycles. The second kappa shape index (κ2) is 5.88. The van der Waals surface area contributed by atoms with Gasteiger partial charge in [-0.1, -0.05) is 36.4 Å². The van der Waals surface area contributed by atoms with E-state index in [0.717, 1.165) is 24.0 Å². The molecule has 0 aromatic heterocycles. The van der Waals surface area contributed by atoms with Crippen molar-refractivity contribution in [2.45, 2.75) is 44.2 Å². The van der Waals surface area contributed by atoms with Crippen LogP contribution in [0.2, 0.25) is 0 Å². The summed E-state index contributed by atoms with van der Waals surface area (Å²) in [6.45, 7) is 6.00. The molecule has 0 unspecified atom stereocenters. The van der Waals surface area contributed by atoms with E-state index in [9.17, 15) is 4.79 Å². The summed E-state index contributed by atoms with van der Waals surface area (Å²) in [7, 11) is 3.66. The minimum absolute atomic E-state index is 0.0515. The molecule has 2 aliphatic rings. The number of methoxy groups -OCH3 is 1. The first-order valence-corrected chi connectivity index (χ1v) is 8.08. The Bertz CT molecular complexity index is 578. The molecule has 0 spiro atoms. The zero-order valence-electron chi connectivity index (χ0n) is 13.7. The maximum Gasteiger partial charge on any atom is 0.310 e. The highest BCUT2D eigenvalue weighted by atomic mass is 16.5. The van der Waals surface area contributed by atoms with Crippen molar-refractivity contribution in [3.05, 3.63) is 42.0 Å². The van der Waals surface area contributed by atoms with Crippen LogP contribution in [0.5, 0.6) is 0 Å². The van der Waals surface area contributed by atoms with Gasteiger partial charge in [0, 0.05) is 18.0 Å². The molecule has 0 N–H and O–H groups in total. The van der Waals surface area contributed by atoms with Gasteiger partial charge in [0.1, 0.15) is 0 Å². The fourth-order valence-electron chi connectivity index (χ4n) is 4.28. The van der Waals surface area contributed by atoms with Crippen molar-refractivity contribution in [2.75, 3.05) is 14.2 Å². The molecule has 0 saturated carbocycles. The summed E-state index contributed by atoms with van der Waals surface area (Å²) >= 11 is 0. The monoisotopic (exact) mass is 299 g/mol. The number of nitrogens with zero attached hydrogens (tertiary/aromatic N) is 1. The van der Waals surface area contributed by atoms with Gasteiger partial charge in [0.25, 0.3) is 0 Å². The predicted molar refractivity (Wildman–Crippen MR) is 88.6 cm³/mol. The van der Waals surface area contributed by atoms with Gasteiger partial charge < -0.3 is 4.74 Å². The van der Waals surface area contributed by atoms with E-state index in [2.05, 4.69) is 42.8 Å². The number of fused-ring (bicyclic) bond motifs is 2. The van der Waals surface area contributed by atoms with E-state index >= 15 is 0 Å². The summed E-state index contributed by atoms with van der Waals surface area (Å²) in [4.78, 5) is 14.8. The minimum Gasteiger partial charge on any atom is -0.469 e. The SMILES string of the molecule is C=C(C)c1ccc([C@H]2C[C@@H]3CC[C@H]([C@H]2C(=O)OC)N3C)cc1. The average Bonchev–Trinajstić information content (AvgIpc) is 2.76. The third kappa shape index (κ3) is 2.48. The molecule has 0 radical (unpaired) electrons. The Hall–Kier alpha value is -1.61. The standard InChI is InChI=1S/C19H25NO2/c1-12(2)13-5-7-14(8-6-13)16-11-15-9-10-17(20(15)3)18(16)19(21)22-4/h5-8,15-18H,1,9-11H2,2-4H3/t15-,16+,17+,18-/m0/s1. The minimum atomic E-state index is -0.0637. The van der Waals surface area contributed by atoms with Gasteiger partial charge in [0.2, 0.25) is 0 Å². The number of ether oxygens (including phenoxy) is 1. The smallest absolute Gasteiger partial charge is 0.310 e. The lowest BCUT2D eigenvalue weighted by Crippen LogP contribution is -2.49. The van der Waals surface area contributed by atoms with Gasteiger partial charge in [-0.2, -0.15) is 0 Å². The first-order chi connectivity index (χ1) is 10.5. The van der Waals surface area contributed by atoms with Gasteiger partial charge >= 0.3 is 5.97 Å². The molecule has 3 rings (SSSR count). The second-order valence-electron chi connectivity index (χ2n) is 6.76. The van der Waals surface area contributed by atoms with Crippen LogP contribution < -0.4 is 0 Å². The molecule has 3 heteroatoms. The van der Waals surface area contributed by atoms with Crippen LogP contribution in [0.15, 0.2) is 30.8 Å². The number of rotatable bonds is 3. The lowest BCUT2D eigenvalue weighted by atomic mass is 9.76. The van der Waals surface area contributed by atoms with Gasteiger partial charge in [0.05, 0.1) is 13.0 Å². The van der Waals surface area contributed by atoms with E-state index in [4.69, 9.17) is 4.74 Å². The van der Waals surface area contributed by atoms with E-state index in [1.807, 2.05) is 6.92 Å². The molecule has 1 aromatic rings. The Labute approximate surface area is 133 Å². The van der Waals surface area contributed by atoms with Crippen molar-refractivity contribution in [2.24, 2.45) is 5.92 Å². The van der Waals surface area contributed by atoms with Crippen LogP contribution in [0.4, 0.5) is 0 Å². The molecule has 0 aliphatic carbocycles. The molecular weight excluding hydrogens is 274 g/mol. The van der Waals surface area contributed by atoms with Gasteiger partial charge in [-0.05, 0) is 44.4 Å². The lowest BCUT2D eigenvalue weighted by molar-refractivity contribution is -0.150. The quantitative estimate of drug-likeness (QED) is 0.801. The largest absolute Gasteiger partial charge is 0.469 e. The highest BCUT2D eigenvalue weighted by Gasteiger charge is 2.49. The van der Waals surface area contributed by atoms with E-state index in [-0.39, 0.29) is 17.8 Å². The van der Waals surface area contributed by atoms with Gasteiger partial charge in [-0.25, -0.2) is 0 Å². The van der Waals surface area contributed by atoms with Crippen LogP contribution in [0.25, 0.3) is 5.57 Å². The van der Waals surface area contributed by atoms with Crippen molar-refractivity contribution in [3.8, 4) is 0 Å². The molecule has 22 heavy (non-hydrogen) atoms. The number of allylic oxidation sites excluding steroid dienone is 1. The zero-order valence-corrected chi connectivity index (χ0v) is 13.7. The van der Waals surface area contributed by atoms with Crippen LogP contribution in [0.1, 0.15) is 43.2 Å². The number of hydrogen-bond acceptors (Lipinski definition) is 3. The number of hydrogen-bond donors (Lipinski definition) is 0. The average molecular weight is 299 g/mol. The highest BCUT2D eigenvalue weighted by molar-refractivity contribution is 5.75. The maximum atomic E-state index is 12.4. The Morgan fingerprint density at radius 1 is 1.27 bits per heavy atom. The summed E-state index contributed by atoms with van der Waals surface area (Å²) in [5.41, 5.74) is 3.49. The van der Waals surface area contributed by atoms with E-state index in [1.54, 1.807) is 0 Å². The van der Waals surface area contributed by atoms with E-state index < -0.39 is 0 Å². The van der Waals surface area contributed by atoms with Crippen molar-refractivity contribution in [1.29, 1.82) is 0 Å². The van der Waals surface area contributed by atoms with Crippen molar-refractivity contribution >= 4 is 11.5 Å². The number of piperidine rings is 1. The maximum absolute atomic E-state index is 12.4. The summed E-state index contributed by atoms with van der Waals surface area (Å²) in [6.07, 6.45) is 3.33. The number of carbonyl (C=O) groups excluding carboxylic acids is 1. The Morgan fingerprint density at radius 3 is 2.55 bits per heavy atom. The highest BCUT2D eigenvalue weighted by Crippen LogP contribution is 2.46. The van der Waals surface area contributed by atoms with Crippen molar-refractivity contribution < 1.29 is 9.53 Å². The van der Waals surface area contributed by atoms with Crippen LogP contribution in [-0.4, -0.2) is 37.1 Å². The molecule has 1 aromatic carbocycles. The van der Waals surface area contributed by atoms with Gasteiger partial charge in [-0.3, -0.25) is 9.69 Å². The van der Waals surface area contributed by atoms with E-state index in [1.165, 1.54) is 19.1 Å². The number of carbonyl (C=O) groups is 1. The molecule has 118 valence electrons. The summed E-state index contributed by atoms with van der Waals surface area (Å²) < 4.78 is 5.12. The van der Waals surface area contributed by atoms with E-state index in [0.29, 0.717) is 12.1 Å². The van der Waals surface area contributed by atoms with Crippen LogP contribution >= 0.6 is 0 Å². The van der Waals surface area contributed by atoms with Crippen LogP contribution in [-0.2, 0) is 9.53 Å². The van der Waals surface area contributed by atoms with Gasteiger partial charge in [0.15, 0.2) is 0 Å². The molecule has 4 atom stereocenters. The van der Waals surface area contributed by atoms with Gasteiger partial charge in [-0.15, -0.1) is 0 Å². The normalized spacial score (nSPS) is 31.0. The molecule has 2 saturated heterocycles. The summed E-state index contributed by atoms with van der Waals surface area (Å²) in [5, 5.41) is 0. The fourth-order valence-corrected chi connectivity index (χ4v) is 4.28. The predicted octanol–water partition coefficient (Wildman–Crippen LogP) is 3.46. The molecule has 2 aliphatic heterocycles.